The molecule has 0 spiro atoms. The Balaban J connectivity index is 4.34. The molecule has 0 bridgehead atoms. The zero-order valence-corrected chi connectivity index (χ0v) is 20.8. The standard InChI is InChI=1S/C22H42N4O6/c1-15(2)23-9-17(27)10-31-12-19(29)25-21(5,6)14-22(7,8)26-20(30)13-32-11-18(28)24-16(3)4/h15-16,23H,9-14H2,1-8H3,(H,24,28)(H,25,29)(H,26,30). The van der Waals surface area contributed by atoms with Gasteiger partial charge in [-0.1, -0.05) is 13.8 Å². The van der Waals surface area contributed by atoms with Gasteiger partial charge in [0.15, 0.2) is 5.78 Å². The van der Waals surface area contributed by atoms with Gasteiger partial charge in [-0.05, 0) is 48.0 Å². The van der Waals surface area contributed by atoms with Crippen molar-refractivity contribution in [3.05, 3.63) is 0 Å². The predicted molar refractivity (Wildman–Crippen MR) is 122 cm³/mol. The van der Waals surface area contributed by atoms with E-state index in [0.717, 1.165) is 0 Å². The fourth-order valence-electron chi connectivity index (χ4n) is 3.25. The highest BCUT2D eigenvalue weighted by Crippen LogP contribution is 2.20. The zero-order valence-electron chi connectivity index (χ0n) is 20.8. The maximum absolute atomic E-state index is 12.2. The van der Waals surface area contributed by atoms with Crippen molar-refractivity contribution in [3.63, 3.8) is 0 Å². The Hall–Kier alpha value is -2.04. The first-order valence-corrected chi connectivity index (χ1v) is 10.9. The summed E-state index contributed by atoms with van der Waals surface area (Å²) in [5.41, 5.74) is -1.28. The van der Waals surface area contributed by atoms with Crippen LogP contribution in [0, 0.1) is 0 Å². The summed E-state index contributed by atoms with van der Waals surface area (Å²) < 4.78 is 10.3. The first-order chi connectivity index (χ1) is 14.6. The summed E-state index contributed by atoms with van der Waals surface area (Å²) in [6.07, 6.45) is 0.433. The molecule has 4 N–H and O–H groups in total. The molecule has 0 aliphatic carbocycles. The number of hydrogen-bond acceptors (Lipinski definition) is 7. The monoisotopic (exact) mass is 458 g/mol. The van der Waals surface area contributed by atoms with Crippen molar-refractivity contribution in [2.75, 3.05) is 33.0 Å². The van der Waals surface area contributed by atoms with Crippen LogP contribution in [-0.2, 0) is 28.7 Å². The number of amides is 3. The third-order valence-corrected chi connectivity index (χ3v) is 3.96. The molecule has 0 atom stereocenters. The van der Waals surface area contributed by atoms with Crippen molar-refractivity contribution >= 4 is 23.5 Å². The highest BCUT2D eigenvalue weighted by atomic mass is 16.5. The van der Waals surface area contributed by atoms with Crippen LogP contribution in [0.2, 0.25) is 0 Å². The van der Waals surface area contributed by atoms with E-state index >= 15 is 0 Å². The van der Waals surface area contributed by atoms with Crippen LogP contribution >= 0.6 is 0 Å². The van der Waals surface area contributed by atoms with Gasteiger partial charge in [-0.15, -0.1) is 0 Å². The predicted octanol–water partition coefficient (Wildman–Crippen LogP) is 0.291. The first kappa shape index (κ1) is 30.0. The SMILES string of the molecule is CC(C)NCC(=O)COCC(=O)NC(C)(C)CC(C)(C)NC(=O)COCC(=O)NC(C)C. The van der Waals surface area contributed by atoms with Gasteiger partial charge in [0.2, 0.25) is 17.7 Å². The van der Waals surface area contributed by atoms with E-state index in [2.05, 4.69) is 21.3 Å². The van der Waals surface area contributed by atoms with E-state index in [1.54, 1.807) is 0 Å². The van der Waals surface area contributed by atoms with Gasteiger partial charge in [0.25, 0.3) is 0 Å². The maximum Gasteiger partial charge on any atom is 0.246 e. The lowest BCUT2D eigenvalue weighted by Gasteiger charge is -2.36. The number of ketones is 1. The van der Waals surface area contributed by atoms with Crippen molar-refractivity contribution in [2.45, 2.75) is 85.0 Å². The van der Waals surface area contributed by atoms with Crippen LogP contribution in [0.25, 0.3) is 0 Å². The number of Topliss-reactive ketones (excluding diaryl/α,β-unsaturated/α-hetero) is 1. The van der Waals surface area contributed by atoms with Crippen LogP contribution in [-0.4, -0.2) is 79.6 Å². The lowest BCUT2D eigenvalue weighted by molar-refractivity contribution is -0.132. The molecule has 0 aliphatic rings. The van der Waals surface area contributed by atoms with Crippen molar-refractivity contribution in [2.24, 2.45) is 0 Å². The third kappa shape index (κ3) is 16.6. The van der Waals surface area contributed by atoms with Crippen LogP contribution in [0.5, 0.6) is 0 Å². The molecular formula is C22H42N4O6. The van der Waals surface area contributed by atoms with Crippen molar-refractivity contribution < 1.29 is 28.7 Å². The lowest BCUT2D eigenvalue weighted by Crippen LogP contribution is -2.54. The van der Waals surface area contributed by atoms with E-state index < -0.39 is 11.1 Å². The Morgan fingerprint density at radius 1 is 0.688 bits per heavy atom. The number of nitrogens with one attached hydrogen (secondary N) is 4. The van der Waals surface area contributed by atoms with Gasteiger partial charge in [0.05, 0.1) is 6.54 Å². The summed E-state index contributed by atoms with van der Waals surface area (Å²) in [6, 6.07) is 0.201. The Morgan fingerprint density at radius 3 is 1.56 bits per heavy atom. The maximum atomic E-state index is 12.2. The molecule has 0 saturated carbocycles. The third-order valence-electron chi connectivity index (χ3n) is 3.96. The number of hydrogen-bond donors (Lipinski definition) is 4. The molecule has 186 valence electrons. The molecule has 0 aliphatic heterocycles. The van der Waals surface area contributed by atoms with E-state index in [4.69, 9.17) is 9.47 Å². The molecule has 0 aromatic carbocycles. The summed E-state index contributed by atoms with van der Waals surface area (Å²) in [6.45, 7) is 14.3. The summed E-state index contributed by atoms with van der Waals surface area (Å²) in [4.78, 5) is 47.6. The second-order valence-electron chi connectivity index (χ2n) is 9.82. The van der Waals surface area contributed by atoms with Crippen molar-refractivity contribution in [3.8, 4) is 0 Å². The molecular weight excluding hydrogens is 416 g/mol. The molecule has 0 aromatic heterocycles. The fraction of sp³-hybridized carbons (Fsp3) is 0.818. The number of carbonyl (C=O) groups is 4. The van der Waals surface area contributed by atoms with Gasteiger partial charge < -0.3 is 30.7 Å². The lowest BCUT2D eigenvalue weighted by atomic mass is 9.86. The van der Waals surface area contributed by atoms with Crippen LogP contribution in [0.15, 0.2) is 0 Å². The molecule has 32 heavy (non-hydrogen) atoms. The van der Waals surface area contributed by atoms with Crippen LogP contribution < -0.4 is 21.3 Å². The number of rotatable bonds is 16. The van der Waals surface area contributed by atoms with Gasteiger partial charge in [-0.25, -0.2) is 0 Å². The Kier molecular flexibility index (Phi) is 13.3. The molecule has 0 radical (unpaired) electrons. The minimum Gasteiger partial charge on any atom is -0.364 e. The van der Waals surface area contributed by atoms with E-state index in [0.29, 0.717) is 6.42 Å². The van der Waals surface area contributed by atoms with Crippen molar-refractivity contribution in [1.82, 2.24) is 21.3 Å². The second-order valence-corrected chi connectivity index (χ2v) is 9.82. The van der Waals surface area contributed by atoms with Crippen LogP contribution in [0.4, 0.5) is 0 Å². The largest absolute Gasteiger partial charge is 0.364 e. The van der Waals surface area contributed by atoms with Gasteiger partial charge in [0.1, 0.15) is 26.4 Å². The van der Waals surface area contributed by atoms with Gasteiger partial charge >= 0.3 is 0 Å². The normalized spacial score (nSPS) is 12.1. The van der Waals surface area contributed by atoms with Crippen LogP contribution in [0.3, 0.4) is 0 Å². The smallest absolute Gasteiger partial charge is 0.246 e. The molecule has 0 rings (SSSR count). The average molecular weight is 459 g/mol. The molecule has 3 amide bonds. The fourth-order valence-corrected chi connectivity index (χ4v) is 3.25. The van der Waals surface area contributed by atoms with E-state index in [9.17, 15) is 19.2 Å². The first-order valence-electron chi connectivity index (χ1n) is 10.9. The van der Waals surface area contributed by atoms with Gasteiger partial charge in [-0.3, -0.25) is 19.2 Å². The minimum absolute atomic E-state index is 0.00377. The quantitative estimate of drug-likeness (QED) is 0.261. The topological polar surface area (TPSA) is 135 Å². The molecule has 10 heteroatoms. The van der Waals surface area contributed by atoms with Crippen LogP contribution in [0.1, 0.15) is 61.8 Å². The summed E-state index contributed by atoms with van der Waals surface area (Å²) in [7, 11) is 0. The summed E-state index contributed by atoms with van der Waals surface area (Å²) >= 11 is 0. The van der Waals surface area contributed by atoms with E-state index in [1.807, 2.05) is 55.4 Å². The summed E-state index contributed by atoms with van der Waals surface area (Å²) in [5, 5.41) is 11.4. The Morgan fingerprint density at radius 2 is 1.12 bits per heavy atom. The molecule has 10 nitrogen and oxygen atoms in total. The van der Waals surface area contributed by atoms with Gasteiger partial charge in [-0.2, -0.15) is 0 Å². The minimum atomic E-state index is -0.642. The molecule has 0 fully saturated rings. The summed E-state index contributed by atoms with van der Waals surface area (Å²) in [5.74, 6) is -1.11. The highest BCUT2D eigenvalue weighted by molar-refractivity contribution is 5.83. The van der Waals surface area contributed by atoms with Gasteiger partial charge in [0, 0.05) is 23.2 Å². The molecule has 0 aromatic rings. The molecule has 0 unspecified atom stereocenters. The van der Waals surface area contributed by atoms with E-state index in [1.165, 1.54) is 0 Å². The Bertz CT molecular complexity index is 632. The average Bonchev–Trinajstić information content (AvgIpc) is 2.56. The Labute approximate surface area is 191 Å². The number of ether oxygens (including phenoxy) is 2. The molecule has 0 heterocycles. The van der Waals surface area contributed by atoms with E-state index in [-0.39, 0.29) is 68.6 Å². The molecule has 0 saturated heterocycles. The van der Waals surface area contributed by atoms with Crippen molar-refractivity contribution in [1.29, 1.82) is 0 Å². The number of carbonyl (C=O) groups excluding carboxylic acids is 4. The second kappa shape index (κ2) is 14.2. The highest BCUT2D eigenvalue weighted by Gasteiger charge is 2.31. The zero-order chi connectivity index (χ0) is 24.9.